The van der Waals surface area contributed by atoms with E-state index < -0.39 is 0 Å². The van der Waals surface area contributed by atoms with E-state index in [1.54, 1.807) is 0 Å². The largest absolute Gasteiger partial charge is 0.379 e. The van der Waals surface area contributed by atoms with Gasteiger partial charge in [0.1, 0.15) is 5.82 Å². The Balaban J connectivity index is 2.07. The number of hydrogen-bond donors (Lipinski definition) is 1. The van der Waals surface area contributed by atoms with Crippen molar-refractivity contribution >= 4 is 0 Å². The zero-order valence-corrected chi connectivity index (χ0v) is 10.2. The van der Waals surface area contributed by atoms with Crippen LogP contribution in [0.15, 0.2) is 18.2 Å². The quantitative estimate of drug-likeness (QED) is 0.867. The van der Waals surface area contributed by atoms with Crippen LogP contribution < -0.4 is 5.73 Å². The standard InChI is InChI=1S/C13H19FN2O/c1-10-9-17-5-4-16(10)8-12-3-2-11(7-15)6-13(12)14/h2-3,6,10H,4-5,7-9,15H2,1H3. The molecule has 3 nitrogen and oxygen atoms in total. The molecule has 1 aromatic rings. The predicted molar refractivity (Wildman–Crippen MR) is 65.0 cm³/mol. The van der Waals surface area contributed by atoms with Crippen LogP contribution >= 0.6 is 0 Å². The molecular weight excluding hydrogens is 219 g/mol. The lowest BCUT2D eigenvalue weighted by atomic mass is 10.1. The van der Waals surface area contributed by atoms with Gasteiger partial charge in [-0.3, -0.25) is 4.90 Å². The Kier molecular flexibility index (Phi) is 4.10. The van der Waals surface area contributed by atoms with Gasteiger partial charge in [-0.15, -0.1) is 0 Å². The molecule has 0 radical (unpaired) electrons. The van der Waals surface area contributed by atoms with E-state index >= 15 is 0 Å². The van der Waals surface area contributed by atoms with Crippen molar-refractivity contribution in [2.24, 2.45) is 5.73 Å². The second kappa shape index (κ2) is 5.58. The maximum atomic E-state index is 13.8. The zero-order valence-electron chi connectivity index (χ0n) is 10.2. The summed E-state index contributed by atoms with van der Waals surface area (Å²) in [5.74, 6) is -0.161. The molecule has 1 unspecified atom stereocenters. The van der Waals surface area contributed by atoms with Crippen molar-refractivity contribution < 1.29 is 9.13 Å². The molecule has 2 N–H and O–H groups in total. The van der Waals surface area contributed by atoms with Crippen LogP contribution in [0.2, 0.25) is 0 Å². The van der Waals surface area contributed by atoms with Gasteiger partial charge in [-0.2, -0.15) is 0 Å². The molecule has 0 amide bonds. The minimum atomic E-state index is -0.161. The number of nitrogens with two attached hydrogens (primary N) is 1. The molecule has 4 heteroatoms. The van der Waals surface area contributed by atoms with Gasteiger partial charge in [-0.05, 0) is 18.6 Å². The number of rotatable bonds is 3. The van der Waals surface area contributed by atoms with E-state index in [-0.39, 0.29) is 5.82 Å². The SMILES string of the molecule is CC1COCCN1Cc1ccc(CN)cc1F. The van der Waals surface area contributed by atoms with Crippen LogP contribution in [0.5, 0.6) is 0 Å². The Morgan fingerprint density at radius 1 is 1.53 bits per heavy atom. The first kappa shape index (κ1) is 12.5. The van der Waals surface area contributed by atoms with Crippen molar-refractivity contribution in [3.8, 4) is 0 Å². The van der Waals surface area contributed by atoms with E-state index in [4.69, 9.17) is 10.5 Å². The van der Waals surface area contributed by atoms with Gasteiger partial charge in [0.2, 0.25) is 0 Å². The molecule has 0 spiro atoms. The first-order valence-electron chi connectivity index (χ1n) is 6.00. The lowest BCUT2D eigenvalue weighted by Crippen LogP contribution is -2.43. The van der Waals surface area contributed by atoms with E-state index in [0.717, 1.165) is 30.9 Å². The molecule has 0 aromatic heterocycles. The summed E-state index contributed by atoms with van der Waals surface area (Å²) in [4.78, 5) is 2.24. The van der Waals surface area contributed by atoms with Crippen molar-refractivity contribution in [1.82, 2.24) is 4.90 Å². The van der Waals surface area contributed by atoms with Gasteiger partial charge in [0, 0.05) is 31.2 Å². The topological polar surface area (TPSA) is 38.5 Å². The predicted octanol–water partition coefficient (Wildman–Crippen LogP) is 1.51. The molecule has 0 aliphatic carbocycles. The molecule has 94 valence electrons. The molecule has 2 rings (SSSR count). The van der Waals surface area contributed by atoms with Gasteiger partial charge in [-0.25, -0.2) is 4.39 Å². The fourth-order valence-corrected chi connectivity index (χ4v) is 2.06. The van der Waals surface area contributed by atoms with Gasteiger partial charge in [0.25, 0.3) is 0 Å². The van der Waals surface area contributed by atoms with Crippen molar-refractivity contribution in [3.05, 3.63) is 35.1 Å². The first-order valence-corrected chi connectivity index (χ1v) is 6.00. The molecule has 1 atom stereocenters. The second-order valence-electron chi connectivity index (χ2n) is 4.52. The van der Waals surface area contributed by atoms with Crippen LogP contribution in [0, 0.1) is 5.82 Å². The molecule has 1 aliphatic heterocycles. The highest BCUT2D eigenvalue weighted by Gasteiger charge is 2.19. The molecule has 17 heavy (non-hydrogen) atoms. The van der Waals surface area contributed by atoms with Crippen LogP contribution in [-0.2, 0) is 17.8 Å². The third-order valence-corrected chi connectivity index (χ3v) is 3.23. The van der Waals surface area contributed by atoms with Gasteiger partial charge in [0.05, 0.1) is 13.2 Å². The van der Waals surface area contributed by atoms with Crippen LogP contribution in [0.1, 0.15) is 18.1 Å². The van der Waals surface area contributed by atoms with Crippen LogP contribution in [0.3, 0.4) is 0 Å². The van der Waals surface area contributed by atoms with Gasteiger partial charge >= 0.3 is 0 Å². The minimum Gasteiger partial charge on any atom is -0.379 e. The summed E-state index contributed by atoms with van der Waals surface area (Å²) in [6, 6.07) is 5.60. The minimum absolute atomic E-state index is 0.161. The first-order chi connectivity index (χ1) is 8.20. The highest BCUT2D eigenvalue weighted by molar-refractivity contribution is 5.24. The van der Waals surface area contributed by atoms with E-state index in [2.05, 4.69) is 11.8 Å². The zero-order chi connectivity index (χ0) is 12.3. The van der Waals surface area contributed by atoms with E-state index in [0.29, 0.717) is 19.1 Å². The van der Waals surface area contributed by atoms with E-state index in [1.807, 2.05) is 12.1 Å². The van der Waals surface area contributed by atoms with Crippen molar-refractivity contribution in [3.63, 3.8) is 0 Å². The molecule has 1 aliphatic rings. The highest BCUT2D eigenvalue weighted by Crippen LogP contribution is 2.16. The number of ether oxygens (including phenoxy) is 1. The number of morpholine rings is 1. The molecule has 0 bridgehead atoms. The van der Waals surface area contributed by atoms with Crippen LogP contribution in [0.25, 0.3) is 0 Å². The van der Waals surface area contributed by atoms with Crippen LogP contribution in [0.4, 0.5) is 4.39 Å². The summed E-state index contributed by atoms with van der Waals surface area (Å²) in [5, 5.41) is 0. The third-order valence-electron chi connectivity index (χ3n) is 3.23. The average Bonchev–Trinajstić information content (AvgIpc) is 2.34. The smallest absolute Gasteiger partial charge is 0.128 e. The summed E-state index contributed by atoms with van der Waals surface area (Å²) < 4.78 is 19.2. The molecule has 1 saturated heterocycles. The van der Waals surface area contributed by atoms with Gasteiger partial charge < -0.3 is 10.5 Å². The fraction of sp³-hybridized carbons (Fsp3) is 0.538. The van der Waals surface area contributed by atoms with E-state index in [1.165, 1.54) is 6.07 Å². The number of nitrogens with zero attached hydrogens (tertiary/aromatic N) is 1. The van der Waals surface area contributed by atoms with Crippen molar-refractivity contribution in [2.45, 2.75) is 26.1 Å². The van der Waals surface area contributed by atoms with Crippen molar-refractivity contribution in [1.29, 1.82) is 0 Å². The molecule has 1 fully saturated rings. The second-order valence-corrected chi connectivity index (χ2v) is 4.52. The van der Waals surface area contributed by atoms with E-state index in [9.17, 15) is 4.39 Å². The molecule has 1 aromatic carbocycles. The monoisotopic (exact) mass is 238 g/mol. The number of halogens is 1. The Morgan fingerprint density at radius 3 is 3.00 bits per heavy atom. The van der Waals surface area contributed by atoms with Gasteiger partial charge in [0.15, 0.2) is 0 Å². The molecular formula is C13H19FN2O. The maximum Gasteiger partial charge on any atom is 0.128 e. The lowest BCUT2D eigenvalue weighted by molar-refractivity contribution is -0.00480. The van der Waals surface area contributed by atoms with Crippen LogP contribution in [-0.4, -0.2) is 30.7 Å². The summed E-state index contributed by atoms with van der Waals surface area (Å²) in [6.07, 6.45) is 0. The Labute approximate surface area is 101 Å². The summed E-state index contributed by atoms with van der Waals surface area (Å²) in [7, 11) is 0. The Hall–Kier alpha value is -0.970. The van der Waals surface area contributed by atoms with Crippen molar-refractivity contribution in [2.75, 3.05) is 19.8 Å². The maximum absolute atomic E-state index is 13.8. The highest BCUT2D eigenvalue weighted by atomic mass is 19.1. The summed E-state index contributed by atoms with van der Waals surface area (Å²) >= 11 is 0. The Morgan fingerprint density at radius 2 is 2.35 bits per heavy atom. The normalized spacial score (nSPS) is 21.7. The average molecular weight is 238 g/mol. The van der Waals surface area contributed by atoms with Gasteiger partial charge in [-0.1, -0.05) is 12.1 Å². The number of benzene rings is 1. The summed E-state index contributed by atoms with van der Waals surface area (Å²) in [5.41, 5.74) is 7.05. The summed E-state index contributed by atoms with van der Waals surface area (Å²) in [6.45, 7) is 5.44. The number of hydrogen-bond acceptors (Lipinski definition) is 3. The molecule has 0 saturated carbocycles. The Bertz CT molecular complexity index is 384. The third kappa shape index (κ3) is 3.03. The lowest BCUT2D eigenvalue weighted by Gasteiger charge is -2.33. The molecule has 1 heterocycles. The fourth-order valence-electron chi connectivity index (χ4n) is 2.06.